The second-order valence-corrected chi connectivity index (χ2v) is 9.14. The molecule has 4 saturated heterocycles. The van der Waals surface area contributed by atoms with Crippen molar-refractivity contribution in [1.29, 1.82) is 0 Å². The van der Waals surface area contributed by atoms with E-state index in [0.717, 1.165) is 13.0 Å². The summed E-state index contributed by atoms with van der Waals surface area (Å²) in [6.45, 7) is 2.54. The molecule has 4 aliphatic rings. The molecule has 4 fully saturated rings. The Kier molecular flexibility index (Phi) is 8.40. The van der Waals surface area contributed by atoms with Gasteiger partial charge in [-0.25, -0.2) is 15.1 Å². The number of rotatable bonds is 7. The van der Waals surface area contributed by atoms with Crippen LogP contribution in [0.1, 0.15) is 19.3 Å². The van der Waals surface area contributed by atoms with Gasteiger partial charge in [-0.1, -0.05) is 0 Å². The Morgan fingerprint density at radius 3 is 2.43 bits per heavy atom. The Labute approximate surface area is 196 Å². The highest BCUT2D eigenvalue weighted by molar-refractivity contribution is 7.80. The number of carboxylic acids is 1. The molecule has 4 rings (SSSR count). The van der Waals surface area contributed by atoms with Crippen molar-refractivity contribution in [2.45, 2.75) is 49.6 Å². The number of hydrogen-bond acceptors (Lipinski definition) is 10. The normalized spacial score (nSPS) is 28.9. The number of urea groups is 1. The van der Waals surface area contributed by atoms with Gasteiger partial charge in [-0.15, -0.1) is 4.28 Å². The average molecular weight is 535 g/mol. The smallest absolute Gasteiger partial charge is 0.475 e. The first-order chi connectivity index (χ1) is 16.3. The summed E-state index contributed by atoms with van der Waals surface area (Å²) < 4.78 is 71.8. The number of hydrogen-bond donors (Lipinski definition) is 4. The van der Waals surface area contributed by atoms with Gasteiger partial charge in [0.05, 0.1) is 12.6 Å². The minimum absolute atomic E-state index is 0.105. The maximum Gasteiger partial charge on any atom is 0.490 e. The van der Waals surface area contributed by atoms with E-state index in [4.69, 9.17) is 24.0 Å². The number of carbonyl (C=O) groups is 3. The van der Waals surface area contributed by atoms with Gasteiger partial charge in [0.25, 0.3) is 5.91 Å². The number of halogens is 3. The van der Waals surface area contributed by atoms with Crippen molar-refractivity contribution in [2.75, 3.05) is 33.2 Å². The molecule has 19 heteroatoms. The van der Waals surface area contributed by atoms with Crippen LogP contribution in [0.25, 0.3) is 0 Å². The number of nitrogens with one attached hydrogen (secondary N) is 2. The van der Waals surface area contributed by atoms with Crippen molar-refractivity contribution in [3.05, 3.63) is 0 Å². The number of carbonyl (C=O) groups excluding carboxylic acids is 2. The third-order valence-electron chi connectivity index (χ3n) is 5.73. The Balaban J connectivity index is 0.000000429. The zero-order valence-corrected chi connectivity index (χ0v) is 18.8. The van der Waals surface area contributed by atoms with E-state index in [1.54, 1.807) is 0 Å². The SMILES string of the molecule is O=C(NOC[C@H]1C[C@@H](N2COC2)CN1)[C@@H]1CC[C@@H]2CN1C(=O)N2OS(=O)(=O)O.O=C(O)C(F)(F)F. The van der Waals surface area contributed by atoms with E-state index < -0.39 is 46.6 Å². The molecular formula is C16H24F3N5O10S. The minimum atomic E-state index is -5.08. The lowest BCUT2D eigenvalue weighted by Gasteiger charge is -2.35. The number of ether oxygens (including phenoxy) is 1. The standard InChI is InChI=1S/C14H23N5O8S.C2HF3O2/c20-13(16-26-6-9-3-11(4-15-9)17-7-25-8-17)12-2-1-10-5-18(12)14(21)19(10)27-28(22,23)24;3-2(4,5)1(6)7/h9-12,15H,1-8H2,(H,16,20)(H,22,23,24);(H,6,7)/t9-,10-,11-,12+;/m1./s1. The van der Waals surface area contributed by atoms with Gasteiger partial charge in [0.2, 0.25) is 0 Å². The van der Waals surface area contributed by atoms with Crippen LogP contribution < -0.4 is 10.8 Å². The highest BCUT2D eigenvalue weighted by Crippen LogP contribution is 2.30. The number of carboxylic acid groups (broad SMARTS) is 1. The molecular weight excluding hydrogens is 511 g/mol. The van der Waals surface area contributed by atoms with Gasteiger partial charge in [-0.2, -0.15) is 26.7 Å². The predicted molar refractivity (Wildman–Crippen MR) is 104 cm³/mol. The van der Waals surface area contributed by atoms with Crippen LogP contribution >= 0.6 is 0 Å². The molecule has 0 radical (unpaired) electrons. The third kappa shape index (κ3) is 7.12. The van der Waals surface area contributed by atoms with E-state index in [2.05, 4.69) is 20.0 Å². The summed E-state index contributed by atoms with van der Waals surface area (Å²) in [4.78, 5) is 42.4. The third-order valence-corrected chi connectivity index (χ3v) is 6.08. The van der Waals surface area contributed by atoms with E-state index in [-0.39, 0.29) is 19.2 Å². The Hall–Kier alpha value is -2.29. The molecule has 3 amide bonds. The van der Waals surface area contributed by atoms with Crippen molar-refractivity contribution in [3.8, 4) is 0 Å². The van der Waals surface area contributed by atoms with Crippen molar-refractivity contribution in [3.63, 3.8) is 0 Å². The van der Waals surface area contributed by atoms with Crippen LogP contribution in [-0.2, 0) is 33.8 Å². The molecule has 4 N–H and O–H groups in total. The molecule has 0 spiro atoms. The fraction of sp³-hybridized carbons (Fsp3) is 0.812. The Morgan fingerprint density at radius 1 is 1.23 bits per heavy atom. The fourth-order valence-corrected chi connectivity index (χ4v) is 4.38. The number of alkyl halides is 3. The summed E-state index contributed by atoms with van der Waals surface area (Å²) in [5, 5.41) is 11.1. The lowest BCUT2D eigenvalue weighted by atomic mass is 10.0. The minimum Gasteiger partial charge on any atom is -0.475 e. The molecule has 0 aromatic carbocycles. The van der Waals surface area contributed by atoms with E-state index >= 15 is 0 Å². The predicted octanol–water partition coefficient (Wildman–Crippen LogP) is -1.35. The van der Waals surface area contributed by atoms with Gasteiger partial charge in [0.1, 0.15) is 19.5 Å². The molecule has 0 unspecified atom stereocenters. The van der Waals surface area contributed by atoms with Crippen LogP contribution in [0.5, 0.6) is 0 Å². The van der Waals surface area contributed by atoms with E-state index in [1.807, 2.05) is 0 Å². The number of amides is 3. The average Bonchev–Trinajstić information content (AvgIpc) is 3.24. The fourth-order valence-electron chi connectivity index (χ4n) is 4.00. The molecule has 0 saturated carbocycles. The van der Waals surface area contributed by atoms with Gasteiger partial charge in [0, 0.05) is 25.2 Å². The molecule has 4 atom stereocenters. The molecule has 4 heterocycles. The van der Waals surface area contributed by atoms with E-state index in [1.165, 1.54) is 4.90 Å². The van der Waals surface area contributed by atoms with Gasteiger partial charge in [-0.05, 0) is 19.3 Å². The molecule has 0 aromatic heterocycles. The number of nitrogens with zero attached hydrogens (tertiary/aromatic N) is 3. The number of hydroxylamine groups is 3. The first-order valence-electron chi connectivity index (χ1n) is 10.3. The highest BCUT2D eigenvalue weighted by Gasteiger charge is 2.49. The van der Waals surface area contributed by atoms with Crippen LogP contribution in [0.4, 0.5) is 18.0 Å². The molecule has 15 nitrogen and oxygen atoms in total. The number of piperidine rings is 1. The Morgan fingerprint density at radius 2 is 1.89 bits per heavy atom. The van der Waals surface area contributed by atoms with Gasteiger partial charge < -0.3 is 20.1 Å². The summed E-state index contributed by atoms with van der Waals surface area (Å²) in [5.41, 5.74) is 2.38. The second-order valence-electron chi connectivity index (χ2n) is 8.14. The van der Waals surface area contributed by atoms with Crippen molar-refractivity contribution in [1.82, 2.24) is 25.7 Å². The summed E-state index contributed by atoms with van der Waals surface area (Å²) in [6.07, 6.45) is -3.51. The van der Waals surface area contributed by atoms with Crippen LogP contribution in [0.3, 0.4) is 0 Å². The summed E-state index contributed by atoms with van der Waals surface area (Å²) >= 11 is 0. The maximum absolute atomic E-state index is 12.4. The van der Waals surface area contributed by atoms with E-state index in [0.29, 0.717) is 37.4 Å². The molecule has 0 aromatic rings. The lowest BCUT2D eigenvalue weighted by Crippen LogP contribution is -2.50. The topological polar surface area (TPSA) is 187 Å². The zero-order chi connectivity index (χ0) is 26.0. The highest BCUT2D eigenvalue weighted by atomic mass is 32.3. The second kappa shape index (κ2) is 10.8. The number of fused-ring (bicyclic) bond motifs is 2. The maximum atomic E-state index is 12.4. The van der Waals surface area contributed by atoms with E-state index in [9.17, 15) is 31.2 Å². The molecule has 0 aliphatic carbocycles. The van der Waals surface area contributed by atoms with Crippen LogP contribution in [0, 0.1) is 0 Å². The van der Waals surface area contributed by atoms with Crippen molar-refractivity contribution < 1.29 is 59.5 Å². The molecule has 200 valence electrons. The summed E-state index contributed by atoms with van der Waals surface area (Å²) in [7, 11) is -4.81. The molecule has 35 heavy (non-hydrogen) atoms. The van der Waals surface area contributed by atoms with Crippen molar-refractivity contribution >= 4 is 28.3 Å². The molecule has 2 bridgehead atoms. The zero-order valence-electron chi connectivity index (χ0n) is 18.0. The van der Waals surface area contributed by atoms with Gasteiger partial charge >= 0.3 is 28.6 Å². The monoisotopic (exact) mass is 535 g/mol. The summed E-state index contributed by atoms with van der Waals surface area (Å²) in [5.74, 6) is -3.24. The Bertz CT molecular complexity index is 918. The van der Waals surface area contributed by atoms with Gasteiger partial charge in [0.15, 0.2) is 0 Å². The quantitative estimate of drug-likeness (QED) is 0.222. The summed E-state index contributed by atoms with van der Waals surface area (Å²) in [6, 6.07) is -1.61. The van der Waals surface area contributed by atoms with Crippen LogP contribution in [0.2, 0.25) is 0 Å². The first kappa shape index (κ1) is 27.3. The number of aliphatic carboxylic acids is 1. The molecule has 4 aliphatic heterocycles. The van der Waals surface area contributed by atoms with Gasteiger partial charge in [-0.3, -0.25) is 19.1 Å². The first-order valence-corrected chi connectivity index (χ1v) is 11.7. The van der Waals surface area contributed by atoms with Crippen LogP contribution in [-0.4, -0.2) is 114 Å². The van der Waals surface area contributed by atoms with Crippen LogP contribution in [0.15, 0.2) is 0 Å². The van der Waals surface area contributed by atoms with Crippen molar-refractivity contribution in [2.24, 2.45) is 0 Å². The largest absolute Gasteiger partial charge is 0.490 e. The lowest BCUT2D eigenvalue weighted by molar-refractivity contribution is -0.192.